The Hall–Kier alpha value is -2.17. The van der Waals surface area contributed by atoms with Crippen LogP contribution in [0.2, 0.25) is 0 Å². The van der Waals surface area contributed by atoms with Crippen molar-refractivity contribution >= 4 is 11.9 Å². The fourth-order valence-electron chi connectivity index (χ4n) is 3.53. The van der Waals surface area contributed by atoms with Crippen molar-refractivity contribution in [2.75, 3.05) is 6.54 Å². The predicted molar refractivity (Wildman–Crippen MR) is 92.5 cm³/mol. The molecule has 0 radical (unpaired) electrons. The van der Waals surface area contributed by atoms with Crippen molar-refractivity contribution in [3.63, 3.8) is 0 Å². The number of carboxylic acid groups (broad SMARTS) is 1. The van der Waals surface area contributed by atoms with E-state index in [2.05, 4.69) is 30.2 Å². The molecule has 0 fully saturated rings. The molecule has 1 amide bonds. The van der Waals surface area contributed by atoms with Crippen molar-refractivity contribution in [2.24, 2.45) is 23.7 Å². The molecule has 130 valence electrons. The third-order valence-electron chi connectivity index (χ3n) is 4.95. The molecule has 0 aromatic carbocycles. The summed E-state index contributed by atoms with van der Waals surface area (Å²) in [6, 6.07) is 3.39. The lowest BCUT2D eigenvalue weighted by atomic mass is 9.70. The number of nitrogens with zero attached hydrogens (tertiary/aromatic N) is 1. The minimum atomic E-state index is -0.750. The van der Waals surface area contributed by atoms with Gasteiger partial charge in [0.1, 0.15) is 0 Å². The Morgan fingerprint density at radius 3 is 2.58 bits per heavy atom. The zero-order chi connectivity index (χ0) is 17.7. The van der Waals surface area contributed by atoms with Gasteiger partial charge in [-0.15, -0.1) is 0 Å². The van der Waals surface area contributed by atoms with Crippen molar-refractivity contribution < 1.29 is 14.7 Å². The summed E-state index contributed by atoms with van der Waals surface area (Å²) in [7, 11) is 0. The van der Waals surface area contributed by atoms with Crippen LogP contribution in [-0.2, 0) is 4.79 Å². The highest BCUT2D eigenvalue weighted by molar-refractivity contribution is 5.93. The lowest BCUT2D eigenvalue weighted by Gasteiger charge is -2.36. The van der Waals surface area contributed by atoms with Gasteiger partial charge in [0.2, 0.25) is 0 Å². The largest absolute Gasteiger partial charge is 0.481 e. The monoisotopic (exact) mass is 330 g/mol. The summed E-state index contributed by atoms with van der Waals surface area (Å²) in [5, 5.41) is 12.1. The molecule has 24 heavy (non-hydrogen) atoms. The molecule has 5 heteroatoms. The van der Waals surface area contributed by atoms with Gasteiger partial charge in [0.15, 0.2) is 0 Å². The highest BCUT2D eigenvalue weighted by Gasteiger charge is 2.32. The smallest absolute Gasteiger partial charge is 0.303 e. The number of nitrogens with one attached hydrogen (secondary N) is 1. The first-order valence-electron chi connectivity index (χ1n) is 8.46. The average molecular weight is 330 g/mol. The standard InChI is InChI=1S/C19H26N2O3/c1-12(2)17-9-15(10-18(22)23)13(3)8-16(17)11-21-19(24)14-4-6-20-7-5-14/h4-8,12,15-17H,9-11H2,1-3H3,(H,21,24)(H,22,23). The van der Waals surface area contributed by atoms with Crippen molar-refractivity contribution in [3.8, 4) is 0 Å². The summed E-state index contributed by atoms with van der Waals surface area (Å²) < 4.78 is 0. The zero-order valence-corrected chi connectivity index (χ0v) is 14.5. The molecule has 0 saturated heterocycles. The van der Waals surface area contributed by atoms with E-state index in [1.54, 1.807) is 24.5 Å². The molecule has 1 aliphatic carbocycles. The van der Waals surface area contributed by atoms with Crippen LogP contribution in [0.15, 0.2) is 36.2 Å². The summed E-state index contributed by atoms with van der Waals surface area (Å²) in [4.78, 5) is 27.2. The minimum absolute atomic E-state index is 0.0985. The maximum absolute atomic E-state index is 12.2. The van der Waals surface area contributed by atoms with Crippen molar-refractivity contribution in [1.29, 1.82) is 0 Å². The Morgan fingerprint density at radius 1 is 1.33 bits per heavy atom. The van der Waals surface area contributed by atoms with Gasteiger partial charge in [-0.3, -0.25) is 14.6 Å². The summed E-state index contributed by atoms with van der Waals surface area (Å²) in [5.74, 6) is 0.297. The number of carbonyl (C=O) groups excluding carboxylic acids is 1. The van der Waals surface area contributed by atoms with Crippen LogP contribution in [-0.4, -0.2) is 28.5 Å². The van der Waals surface area contributed by atoms with E-state index in [1.165, 1.54) is 0 Å². The number of hydrogen-bond acceptors (Lipinski definition) is 3. The van der Waals surface area contributed by atoms with Crippen molar-refractivity contribution in [1.82, 2.24) is 10.3 Å². The Labute approximate surface area is 143 Å². The van der Waals surface area contributed by atoms with Gasteiger partial charge >= 0.3 is 5.97 Å². The first kappa shape index (κ1) is 18.2. The summed E-state index contributed by atoms with van der Waals surface area (Å²) in [5.41, 5.74) is 1.73. The number of allylic oxidation sites excluding steroid dienone is 1. The van der Waals surface area contributed by atoms with Crippen molar-refractivity contribution in [3.05, 3.63) is 41.7 Å². The topological polar surface area (TPSA) is 79.3 Å². The molecule has 1 aromatic rings. The molecule has 0 spiro atoms. The van der Waals surface area contributed by atoms with Gasteiger partial charge < -0.3 is 10.4 Å². The molecule has 5 nitrogen and oxygen atoms in total. The molecular weight excluding hydrogens is 304 g/mol. The SMILES string of the molecule is CC1=CC(CNC(=O)c2ccncc2)C(C(C)C)CC1CC(=O)O. The van der Waals surface area contributed by atoms with E-state index in [9.17, 15) is 9.59 Å². The maximum atomic E-state index is 12.2. The maximum Gasteiger partial charge on any atom is 0.303 e. The van der Waals surface area contributed by atoms with E-state index in [0.717, 1.165) is 12.0 Å². The lowest BCUT2D eigenvalue weighted by Crippen LogP contribution is -2.37. The fourth-order valence-corrected chi connectivity index (χ4v) is 3.53. The first-order chi connectivity index (χ1) is 11.4. The Kier molecular flexibility index (Phi) is 6.12. The fraction of sp³-hybridized carbons (Fsp3) is 0.526. The van der Waals surface area contributed by atoms with Crippen LogP contribution >= 0.6 is 0 Å². The number of carbonyl (C=O) groups is 2. The van der Waals surface area contributed by atoms with Gasteiger partial charge in [-0.2, -0.15) is 0 Å². The van der Waals surface area contributed by atoms with E-state index in [4.69, 9.17) is 5.11 Å². The molecule has 3 atom stereocenters. The van der Waals surface area contributed by atoms with Gasteiger partial charge in [0.05, 0.1) is 6.42 Å². The first-order valence-corrected chi connectivity index (χ1v) is 8.46. The van der Waals surface area contributed by atoms with E-state index >= 15 is 0 Å². The second kappa shape index (κ2) is 8.08. The van der Waals surface area contributed by atoms with Gasteiger partial charge in [-0.1, -0.05) is 25.5 Å². The molecule has 0 bridgehead atoms. The third kappa shape index (κ3) is 4.66. The number of amides is 1. The van der Waals surface area contributed by atoms with E-state index in [-0.39, 0.29) is 24.2 Å². The molecule has 3 unspecified atom stereocenters. The number of pyridine rings is 1. The number of hydrogen-bond donors (Lipinski definition) is 2. The normalized spacial score (nSPS) is 23.7. The molecule has 1 aliphatic rings. The molecule has 2 N–H and O–H groups in total. The second-order valence-electron chi connectivity index (χ2n) is 6.96. The van der Waals surface area contributed by atoms with Crippen LogP contribution < -0.4 is 5.32 Å². The molecular formula is C19H26N2O3. The summed E-state index contributed by atoms with van der Waals surface area (Å²) >= 11 is 0. The number of aliphatic carboxylic acids is 1. The van der Waals surface area contributed by atoms with Crippen LogP contribution in [0.3, 0.4) is 0 Å². The zero-order valence-electron chi connectivity index (χ0n) is 14.5. The highest BCUT2D eigenvalue weighted by Crippen LogP contribution is 2.38. The number of carboxylic acids is 1. The van der Waals surface area contributed by atoms with Gasteiger partial charge in [0.25, 0.3) is 5.91 Å². The highest BCUT2D eigenvalue weighted by atomic mass is 16.4. The molecule has 2 rings (SSSR count). The lowest BCUT2D eigenvalue weighted by molar-refractivity contribution is -0.138. The Balaban J connectivity index is 2.05. The van der Waals surface area contributed by atoms with E-state index < -0.39 is 5.97 Å². The quantitative estimate of drug-likeness (QED) is 0.785. The van der Waals surface area contributed by atoms with Gasteiger partial charge in [0, 0.05) is 24.5 Å². The summed E-state index contributed by atoms with van der Waals surface area (Å²) in [6.45, 7) is 6.90. The van der Waals surface area contributed by atoms with Gasteiger partial charge in [-0.25, -0.2) is 0 Å². The second-order valence-corrected chi connectivity index (χ2v) is 6.96. The summed E-state index contributed by atoms with van der Waals surface area (Å²) in [6.07, 6.45) is 6.42. The molecule has 1 heterocycles. The average Bonchev–Trinajstić information content (AvgIpc) is 2.54. The Morgan fingerprint density at radius 2 is 2.00 bits per heavy atom. The van der Waals surface area contributed by atoms with Crippen LogP contribution in [0.5, 0.6) is 0 Å². The predicted octanol–water partition coefficient (Wildman–Crippen LogP) is 3.14. The number of aromatic nitrogens is 1. The minimum Gasteiger partial charge on any atom is -0.481 e. The van der Waals surface area contributed by atoms with Gasteiger partial charge in [-0.05, 0) is 49.1 Å². The van der Waals surface area contributed by atoms with Crippen LogP contribution in [0.25, 0.3) is 0 Å². The van der Waals surface area contributed by atoms with Crippen LogP contribution in [0.1, 0.15) is 44.0 Å². The number of rotatable bonds is 6. The van der Waals surface area contributed by atoms with Crippen molar-refractivity contribution in [2.45, 2.75) is 33.6 Å². The third-order valence-corrected chi connectivity index (χ3v) is 4.95. The van der Waals surface area contributed by atoms with E-state index in [1.807, 2.05) is 6.92 Å². The van der Waals surface area contributed by atoms with Crippen LogP contribution in [0, 0.1) is 23.7 Å². The van der Waals surface area contributed by atoms with Crippen LogP contribution in [0.4, 0.5) is 0 Å². The molecule has 0 aliphatic heterocycles. The van der Waals surface area contributed by atoms with E-state index in [0.29, 0.717) is 23.9 Å². The molecule has 0 saturated carbocycles. The Bertz CT molecular complexity index is 610. The molecule has 1 aromatic heterocycles.